The van der Waals surface area contributed by atoms with Crippen molar-refractivity contribution in [2.45, 2.75) is 38.3 Å². The van der Waals surface area contributed by atoms with Crippen molar-refractivity contribution in [3.05, 3.63) is 11.7 Å². The van der Waals surface area contributed by atoms with Crippen LogP contribution in [0.25, 0.3) is 0 Å². The second-order valence-electron chi connectivity index (χ2n) is 5.94. The molecule has 3 heterocycles. The van der Waals surface area contributed by atoms with Gasteiger partial charge in [0.15, 0.2) is 5.82 Å². The molecule has 0 radical (unpaired) electrons. The maximum absolute atomic E-state index is 5.55. The lowest BCUT2D eigenvalue weighted by Gasteiger charge is -2.29. The zero-order valence-electron chi connectivity index (χ0n) is 12.3. The first-order valence-electron chi connectivity index (χ1n) is 7.54. The van der Waals surface area contributed by atoms with E-state index in [9.17, 15) is 0 Å². The highest BCUT2D eigenvalue weighted by atomic mass is 16.5. The summed E-state index contributed by atoms with van der Waals surface area (Å²) in [6.07, 6.45) is 3.73. The van der Waals surface area contributed by atoms with Gasteiger partial charge in [-0.3, -0.25) is 4.90 Å². The Balaban J connectivity index is 1.68. The molecular formula is C14H24N4O2. The average Bonchev–Trinajstić information content (AvgIpc) is 3.06. The van der Waals surface area contributed by atoms with Gasteiger partial charge in [-0.2, -0.15) is 4.98 Å². The van der Waals surface area contributed by atoms with E-state index in [2.05, 4.69) is 20.4 Å². The van der Waals surface area contributed by atoms with Crippen molar-refractivity contribution in [3.63, 3.8) is 0 Å². The van der Waals surface area contributed by atoms with Crippen molar-refractivity contribution in [1.29, 1.82) is 0 Å². The average molecular weight is 280 g/mol. The lowest BCUT2D eigenvalue weighted by molar-refractivity contribution is 0.104. The fraction of sp³-hybridized carbons (Fsp3) is 0.857. The van der Waals surface area contributed by atoms with E-state index in [1.54, 1.807) is 7.11 Å². The third-order valence-corrected chi connectivity index (χ3v) is 4.48. The van der Waals surface area contributed by atoms with Crippen molar-refractivity contribution in [2.75, 3.05) is 33.3 Å². The van der Waals surface area contributed by atoms with Gasteiger partial charge in [0.05, 0.1) is 12.1 Å². The number of nitrogens with one attached hydrogen (secondary N) is 1. The summed E-state index contributed by atoms with van der Waals surface area (Å²) < 4.78 is 10.9. The monoisotopic (exact) mass is 280 g/mol. The van der Waals surface area contributed by atoms with Gasteiger partial charge < -0.3 is 14.6 Å². The third kappa shape index (κ3) is 3.02. The van der Waals surface area contributed by atoms with Gasteiger partial charge in [-0.25, -0.2) is 0 Å². The SMILES string of the molecule is CO[C@H]1C[C@H](c2nc(C)no2)N(CC2CCNCC2)C1. The fourth-order valence-corrected chi connectivity index (χ4v) is 3.34. The standard InChI is InChI=1S/C14H24N4O2/c1-10-16-14(20-17-10)13-7-12(19-2)9-18(13)8-11-3-5-15-6-4-11/h11-13,15H,3-9H2,1-2H3/t12-,13+/m0/s1. The molecule has 20 heavy (non-hydrogen) atoms. The molecule has 0 aromatic carbocycles. The number of hydrogen-bond acceptors (Lipinski definition) is 6. The molecule has 0 aliphatic carbocycles. The molecule has 1 aromatic heterocycles. The molecule has 2 aliphatic rings. The van der Waals surface area contributed by atoms with Gasteiger partial charge in [-0.05, 0) is 45.2 Å². The Kier molecular flexibility index (Phi) is 4.33. The van der Waals surface area contributed by atoms with E-state index >= 15 is 0 Å². The Morgan fingerprint density at radius 1 is 1.40 bits per heavy atom. The van der Waals surface area contributed by atoms with E-state index in [1.165, 1.54) is 12.8 Å². The summed E-state index contributed by atoms with van der Waals surface area (Å²) >= 11 is 0. The smallest absolute Gasteiger partial charge is 0.244 e. The molecule has 2 saturated heterocycles. The molecule has 112 valence electrons. The van der Waals surface area contributed by atoms with E-state index in [1.807, 2.05) is 6.92 Å². The molecule has 1 N–H and O–H groups in total. The second kappa shape index (κ2) is 6.20. The predicted octanol–water partition coefficient (Wildman–Crippen LogP) is 1.14. The van der Waals surface area contributed by atoms with E-state index in [4.69, 9.17) is 9.26 Å². The summed E-state index contributed by atoms with van der Waals surface area (Å²) in [5, 5.41) is 7.35. The van der Waals surface area contributed by atoms with Gasteiger partial charge in [-0.15, -0.1) is 0 Å². The van der Waals surface area contributed by atoms with Crippen LogP contribution in [0.4, 0.5) is 0 Å². The first-order chi connectivity index (χ1) is 9.76. The van der Waals surface area contributed by atoms with E-state index in [0.717, 1.165) is 44.4 Å². The van der Waals surface area contributed by atoms with Crippen LogP contribution in [0.5, 0.6) is 0 Å². The molecule has 3 rings (SSSR count). The number of aromatic nitrogens is 2. The quantitative estimate of drug-likeness (QED) is 0.892. The van der Waals surface area contributed by atoms with Gasteiger partial charge in [-0.1, -0.05) is 5.16 Å². The van der Waals surface area contributed by atoms with Crippen LogP contribution in [-0.2, 0) is 4.74 Å². The summed E-state index contributed by atoms with van der Waals surface area (Å²) in [7, 11) is 1.79. The van der Waals surface area contributed by atoms with Gasteiger partial charge in [0.1, 0.15) is 0 Å². The number of likely N-dealkylation sites (tertiary alicyclic amines) is 1. The van der Waals surface area contributed by atoms with Crippen LogP contribution in [-0.4, -0.2) is 54.4 Å². The maximum Gasteiger partial charge on any atom is 0.244 e. The third-order valence-electron chi connectivity index (χ3n) is 4.48. The second-order valence-corrected chi connectivity index (χ2v) is 5.94. The molecule has 0 amide bonds. The minimum absolute atomic E-state index is 0.219. The van der Waals surface area contributed by atoms with Crippen molar-refractivity contribution in [1.82, 2.24) is 20.4 Å². The summed E-state index contributed by atoms with van der Waals surface area (Å²) in [5.74, 6) is 2.22. The van der Waals surface area contributed by atoms with Crippen molar-refractivity contribution in [2.24, 2.45) is 5.92 Å². The molecule has 0 saturated carbocycles. The number of hydrogen-bond donors (Lipinski definition) is 1. The van der Waals surface area contributed by atoms with Crippen LogP contribution in [0.15, 0.2) is 4.52 Å². The summed E-state index contributed by atoms with van der Waals surface area (Å²) in [6.45, 7) is 6.21. The minimum Gasteiger partial charge on any atom is -0.380 e. The first-order valence-corrected chi connectivity index (χ1v) is 7.54. The molecule has 6 heteroatoms. The highest BCUT2D eigenvalue weighted by Gasteiger charge is 2.37. The molecular weight excluding hydrogens is 256 g/mol. The Bertz CT molecular complexity index is 431. The normalized spacial score (nSPS) is 29.1. The van der Waals surface area contributed by atoms with Gasteiger partial charge in [0.2, 0.25) is 5.89 Å². The number of piperidine rings is 1. The number of ether oxygens (including phenoxy) is 1. The van der Waals surface area contributed by atoms with Crippen molar-refractivity contribution in [3.8, 4) is 0 Å². The van der Waals surface area contributed by atoms with Gasteiger partial charge in [0, 0.05) is 20.2 Å². The van der Waals surface area contributed by atoms with Crippen LogP contribution >= 0.6 is 0 Å². The zero-order chi connectivity index (χ0) is 13.9. The molecule has 2 atom stereocenters. The van der Waals surface area contributed by atoms with Crippen LogP contribution in [0, 0.1) is 12.8 Å². The Labute approximate surface area is 119 Å². The lowest BCUT2D eigenvalue weighted by atomic mass is 9.97. The molecule has 6 nitrogen and oxygen atoms in total. The minimum atomic E-state index is 0.219. The molecule has 0 unspecified atom stereocenters. The highest BCUT2D eigenvalue weighted by Crippen LogP contribution is 2.33. The summed E-state index contributed by atoms with van der Waals surface area (Å²) in [5.41, 5.74) is 0. The molecule has 1 aromatic rings. The Morgan fingerprint density at radius 2 is 2.20 bits per heavy atom. The van der Waals surface area contributed by atoms with E-state index in [0.29, 0.717) is 5.82 Å². The topological polar surface area (TPSA) is 63.4 Å². The van der Waals surface area contributed by atoms with Crippen molar-refractivity contribution >= 4 is 0 Å². The van der Waals surface area contributed by atoms with Crippen LogP contribution in [0.2, 0.25) is 0 Å². The van der Waals surface area contributed by atoms with Crippen LogP contribution in [0.1, 0.15) is 37.0 Å². The zero-order valence-corrected chi connectivity index (χ0v) is 12.3. The van der Waals surface area contributed by atoms with Gasteiger partial charge >= 0.3 is 0 Å². The molecule has 2 fully saturated rings. The molecule has 0 bridgehead atoms. The Hall–Kier alpha value is -0.980. The number of nitrogens with zero attached hydrogens (tertiary/aromatic N) is 3. The lowest BCUT2D eigenvalue weighted by Crippen LogP contribution is -2.36. The maximum atomic E-state index is 5.55. The largest absolute Gasteiger partial charge is 0.380 e. The Morgan fingerprint density at radius 3 is 2.85 bits per heavy atom. The predicted molar refractivity (Wildman–Crippen MR) is 74.4 cm³/mol. The first kappa shape index (κ1) is 14.0. The van der Waals surface area contributed by atoms with Crippen molar-refractivity contribution < 1.29 is 9.26 Å². The fourth-order valence-electron chi connectivity index (χ4n) is 3.34. The summed E-state index contributed by atoms with van der Waals surface area (Å²) in [6, 6.07) is 0.219. The van der Waals surface area contributed by atoms with E-state index < -0.39 is 0 Å². The molecule has 0 spiro atoms. The van der Waals surface area contributed by atoms with Crippen LogP contribution < -0.4 is 5.32 Å². The number of methoxy groups -OCH3 is 1. The van der Waals surface area contributed by atoms with Crippen LogP contribution in [0.3, 0.4) is 0 Å². The number of aryl methyl sites for hydroxylation is 1. The summed E-state index contributed by atoms with van der Waals surface area (Å²) in [4.78, 5) is 6.89. The van der Waals surface area contributed by atoms with Gasteiger partial charge in [0.25, 0.3) is 0 Å². The van der Waals surface area contributed by atoms with E-state index in [-0.39, 0.29) is 12.1 Å². The highest BCUT2D eigenvalue weighted by molar-refractivity contribution is 4.99. The number of rotatable bonds is 4. The molecule has 2 aliphatic heterocycles.